The van der Waals surface area contributed by atoms with Crippen LogP contribution in [0.5, 0.6) is 0 Å². The molecule has 0 aliphatic carbocycles. The first-order valence-electron chi connectivity index (χ1n) is 6.96. The molecule has 0 radical (unpaired) electrons. The number of hydrogen-bond acceptors (Lipinski definition) is 4. The molecule has 0 aliphatic heterocycles. The Balaban J connectivity index is 0.00000484. The maximum absolute atomic E-state index is 11.9. The van der Waals surface area contributed by atoms with E-state index in [-0.39, 0.29) is 30.4 Å². The SMILES string of the molecule is Cc1cccc(NC(=O)CNC(=O)[C@@H](N)C(C)C)c1C(N)=O.Cl. The van der Waals surface area contributed by atoms with Crippen LogP contribution < -0.4 is 22.1 Å². The molecule has 3 amide bonds. The molecule has 0 saturated heterocycles. The zero-order valence-electron chi connectivity index (χ0n) is 13.4. The maximum atomic E-state index is 11.9. The number of anilines is 1. The van der Waals surface area contributed by atoms with Gasteiger partial charge in [-0.3, -0.25) is 14.4 Å². The molecule has 0 fully saturated rings. The highest BCUT2D eigenvalue weighted by Gasteiger charge is 2.18. The van der Waals surface area contributed by atoms with Gasteiger partial charge in [0.2, 0.25) is 11.8 Å². The summed E-state index contributed by atoms with van der Waals surface area (Å²) in [5.74, 6) is -1.51. The first-order chi connectivity index (χ1) is 10.2. The summed E-state index contributed by atoms with van der Waals surface area (Å²) in [5, 5.41) is 5.02. The van der Waals surface area contributed by atoms with E-state index in [2.05, 4.69) is 10.6 Å². The summed E-state index contributed by atoms with van der Waals surface area (Å²) in [6.45, 7) is 5.12. The quantitative estimate of drug-likeness (QED) is 0.602. The largest absolute Gasteiger partial charge is 0.366 e. The Morgan fingerprint density at radius 3 is 2.35 bits per heavy atom. The standard InChI is InChI=1S/C15H22N4O3.ClH/c1-8(2)13(16)15(22)18-7-11(20)19-10-6-4-5-9(3)12(10)14(17)21;/h4-6,8,13H,7,16H2,1-3H3,(H2,17,21)(H,18,22)(H,19,20);1H/t13-;/m0./s1. The molecule has 7 nitrogen and oxygen atoms in total. The molecule has 8 heteroatoms. The lowest BCUT2D eigenvalue weighted by Gasteiger charge is -2.15. The van der Waals surface area contributed by atoms with Crippen molar-refractivity contribution in [3.63, 3.8) is 0 Å². The van der Waals surface area contributed by atoms with Crippen molar-refractivity contribution < 1.29 is 14.4 Å². The first-order valence-corrected chi connectivity index (χ1v) is 6.96. The fourth-order valence-electron chi connectivity index (χ4n) is 1.88. The summed E-state index contributed by atoms with van der Waals surface area (Å²) in [6.07, 6.45) is 0. The molecule has 128 valence electrons. The molecule has 1 atom stereocenters. The lowest BCUT2D eigenvalue weighted by Crippen LogP contribution is -2.46. The summed E-state index contributed by atoms with van der Waals surface area (Å²) in [6, 6.07) is 4.32. The van der Waals surface area contributed by atoms with E-state index in [1.54, 1.807) is 25.1 Å². The van der Waals surface area contributed by atoms with Gasteiger partial charge in [-0.25, -0.2) is 0 Å². The van der Waals surface area contributed by atoms with Crippen LogP contribution in [-0.2, 0) is 9.59 Å². The van der Waals surface area contributed by atoms with Crippen LogP contribution in [-0.4, -0.2) is 30.3 Å². The van der Waals surface area contributed by atoms with Crippen molar-refractivity contribution in [3.05, 3.63) is 29.3 Å². The normalized spacial score (nSPS) is 11.3. The molecule has 0 heterocycles. The van der Waals surface area contributed by atoms with Crippen LogP contribution in [0.4, 0.5) is 5.69 Å². The minimum Gasteiger partial charge on any atom is -0.366 e. The molecule has 1 aromatic rings. The van der Waals surface area contributed by atoms with Crippen molar-refractivity contribution in [3.8, 4) is 0 Å². The van der Waals surface area contributed by atoms with Crippen molar-refractivity contribution >= 4 is 35.8 Å². The molecule has 1 aromatic carbocycles. The van der Waals surface area contributed by atoms with E-state index in [1.165, 1.54) is 0 Å². The van der Waals surface area contributed by atoms with Crippen molar-refractivity contribution in [1.29, 1.82) is 0 Å². The average molecular weight is 343 g/mol. The third kappa shape index (κ3) is 5.88. The van der Waals surface area contributed by atoms with E-state index in [0.29, 0.717) is 11.3 Å². The van der Waals surface area contributed by atoms with Gasteiger partial charge in [-0.1, -0.05) is 26.0 Å². The second-order valence-electron chi connectivity index (χ2n) is 5.40. The van der Waals surface area contributed by atoms with Gasteiger partial charge >= 0.3 is 0 Å². The molecule has 0 unspecified atom stereocenters. The molecule has 6 N–H and O–H groups in total. The van der Waals surface area contributed by atoms with Crippen molar-refractivity contribution in [2.24, 2.45) is 17.4 Å². The number of aryl methyl sites for hydroxylation is 1. The highest BCUT2D eigenvalue weighted by Crippen LogP contribution is 2.18. The molecule has 1 rings (SSSR count). The van der Waals surface area contributed by atoms with Crippen LogP contribution in [0, 0.1) is 12.8 Å². The lowest BCUT2D eigenvalue weighted by atomic mass is 10.1. The summed E-state index contributed by atoms with van der Waals surface area (Å²) in [5.41, 5.74) is 12.2. The van der Waals surface area contributed by atoms with E-state index in [0.717, 1.165) is 0 Å². The summed E-state index contributed by atoms with van der Waals surface area (Å²) in [4.78, 5) is 35.0. The van der Waals surface area contributed by atoms with Gasteiger partial charge in [0.1, 0.15) is 0 Å². The van der Waals surface area contributed by atoms with Crippen LogP contribution >= 0.6 is 12.4 Å². The number of rotatable bonds is 6. The second-order valence-corrected chi connectivity index (χ2v) is 5.40. The summed E-state index contributed by atoms with van der Waals surface area (Å²) >= 11 is 0. The highest BCUT2D eigenvalue weighted by molar-refractivity contribution is 6.05. The van der Waals surface area contributed by atoms with E-state index >= 15 is 0 Å². The maximum Gasteiger partial charge on any atom is 0.251 e. The molecule has 0 bridgehead atoms. The smallest absolute Gasteiger partial charge is 0.251 e. The van der Waals surface area contributed by atoms with Crippen LogP contribution in [0.3, 0.4) is 0 Å². The number of amides is 3. The van der Waals surface area contributed by atoms with Crippen LogP contribution in [0.2, 0.25) is 0 Å². The van der Waals surface area contributed by atoms with Gasteiger partial charge in [0.05, 0.1) is 23.8 Å². The number of halogens is 1. The predicted molar refractivity (Wildman–Crippen MR) is 91.4 cm³/mol. The Hall–Kier alpha value is -2.12. The fourth-order valence-corrected chi connectivity index (χ4v) is 1.88. The van der Waals surface area contributed by atoms with Gasteiger partial charge in [0.25, 0.3) is 5.91 Å². The van der Waals surface area contributed by atoms with Gasteiger partial charge in [-0.05, 0) is 24.5 Å². The van der Waals surface area contributed by atoms with Gasteiger partial charge in [-0.15, -0.1) is 12.4 Å². The molecular formula is C15H23ClN4O3. The van der Waals surface area contributed by atoms with E-state index < -0.39 is 23.8 Å². The Morgan fingerprint density at radius 1 is 1.22 bits per heavy atom. The number of nitrogens with two attached hydrogens (primary N) is 2. The summed E-state index contributed by atoms with van der Waals surface area (Å²) in [7, 11) is 0. The highest BCUT2D eigenvalue weighted by atomic mass is 35.5. The second kappa shape index (κ2) is 9.12. The zero-order chi connectivity index (χ0) is 16.9. The van der Waals surface area contributed by atoms with Crippen LogP contribution in [0.1, 0.15) is 29.8 Å². The number of benzene rings is 1. The van der Waals surface area contributed by atoms with E-state index in [4.69, 9.17) is 11.5 Å². The number of carbonyl (C=O) groups excluding carboxylic acids is 3. The number of hydrogen-bond donors (Lipinski definition) is 4. The summed E-state index contributed by atoms with van der Waals surface area (Å²) < 4.78 is 0. The molecular weight excluding hydrogens is 320 g/mol. The minimum atomic E-state index is -0.673. The molecule has 0 saturated carbocycles. The predicted octanol–water partition coefficient (Wildman–Crippen LogP) is 0.554. The molecule has 0 spiro atoms. The van der Waals surface area contributed by atoms with Gasteiger partial charge < -0.3 is 22.1 Å². The van der Waals surface area contributed by atoms with Crippen molar-refractivity contribution in [1.82, 2.24) is 5.32 Å². The van der Waals surface area contributed by atoms with Gasteiger partial charge in [-0.2, -0.15) is 0 Å². The van der Waals surface area contributed by atoms with Crippen LogP contribution in [0.25, 0.3) is 0 Å². The number of carbonyl (C=O) groups is 3. The minimum absolute atomic E-state index is 0. The topological polar surface area (TPSA) is 127 Å². The molecule has 0 aliphatic rings. The Labute approximate surface area is 141 Å². The Morgan fingerprint density at radius 2 is 1.83 bits per heavy atom. The number of nitrogens with one attached hydrogen (secondary N) is 2. The monoisotopic (exact) mass is 342 g/mol. The third-order valence-electron chi connectivity index (χ3n) is 3.24. The lowest BCUT2D eigenvalue weighted by molar-refractivity contribution is -0.125. The third-order valence-corrected chi connectivity index (χ3v) is 3.24. The van der Waals surface area contributed by atoms with Crippen LogP contribution in [0.15, 0.2) is 18.2 Å². The fraction of sp³-hybridized carbons (Fsp3) is 0.400. The molecule has 0 aromatic heterocycles. The molecule has 23 heavy (non-hydrogen) atoms. The van der Waals surface area contributed by atoms with E-state index in [1.807, 2.05) is 13.8 Å². The van der Waals surface area contributed by atoms with Gasteiger partial charge in [0, 0.05) is 0 Å². The zero-order valence-corrected chi connectivity index (χ0v) is 14.2. The van der Waals surface area contributed by atoms with Gasteiger partial charge in [0.15, 0.2) is 0 Å². The first kappa shape index (κ1) is 20.9. The average Bonchev–Trinajstić information content (AvgIpc) is 2.43. The number of primary amides is 1. The van der Waals surface area contributed by atoms with Crippen molar-refractivity contribution in [2.45, 2.75) is 26.8 Å². The Bertz CT molecular complexity index is 590. The Kier molecular flexibility index (Phi) is 8.28. The van der Waals surface area contributed by atoms with E-state index in [9.17, 15) is 14.4 Å². The van der Waals surface area contributed by atoms with Crippen molar-refractivity contribution in [2.75, 3.05) is 11.9 Å².